The monoisotopic (exact) mass is 347 g/mol. The number of anilines is 1. The maximum atomic E-state index is 12.9. The zero-order chi connectivity index (χ0) is 18.6. The molecule has 0 saturated heterocycles. The molecule has 0 radical (unpaired) electrons. The number of primary amides is 1. The molecule has 132 valence electrons. The number of methoxy groups -OCH3 is 1. The Morgan fingerprint density at radius 1 is 1.24 bits per heavy atom. The van der Waals surface area contributed by atoms with Crippen molar-refractivity contribution in [2.24, 2.45) is 5.73 Å². The Morgan fingerprint density at radius 2 is 1.88 bits per heavy atom. The van der Waals surface area contributed by atoms with Crippen LogP contribution in [0.15, 0.2) is 36.5 Å². The molecular formula is C17H18FN3O4. The summed E-state index contributed by atoms with van der Waals surface area (Å²) in [5, 5.41) is 2.60. The van der Waals surface area contributed by atoms with Crippen molar-refractivity contribution in [3.05, 3.63) is 47.9 Å². The first-order valence-corrected chi connectivity index (χ1v) is 7.33. The van der Waals surface area contributed by atoms with E-state index >= 15 is 0 Å². The van der Waals surface area contributed by atoms with E-state index in [0.29, 0.717) is 5.75 Å². The first-order chi connectivity index (χ1) is 11.7. The second-order valence-corrected chi connectivity index (χ2v) is 5.67. The van der Waals surface area contributed by atoms with Gasteiger partial charge in [-0.15, -0.1) is 0 Å². The zero-order valence-electron chi connectivity index (χ0n) is 14.0. The number of hydrogen-bond donors (Lipinski definition) is 2. The summed E-state index contributed by atoms with van der Waals surface area (Å²) in [4.78, 5) is 27.8. The quantitative estimate of drug-likeness (QED) is 0.833. The van der Waals surface area contributed by atoms with Gasteiger partial charge in [0.15, 0.2) is 5.60 Å². The minimum Gasteiger partial charge on any atom is -0.480 e. The number of benzene rings is 1. The molecule has 0 aliphatic heterocycles. The van der Waals surface area contributed by atoms with Crippen molar-refractivity contribution >= 4 is 17.5 Å². The average Bonchev–Trinajstić information content (AvgIpc) is 2.56. The van der Waals surface area contributed by atoms with Crippen LogP contribution in [0.1, 0.15) is 24.2 Å². The zero-order valence-corrected chi connectivity index (χ0v) is 14.0. The van der Waals surface area contributed by atoms with Crippen LogP contribution in [-0.2, 0) is 4.79 Å². The predicted molar refractivity (Wildman–Crippen MR) is 89.0 cm³/mol. The first-order valence-electron chi connectivity index (χ1n) is 7.33. The third-order valence-corrected chi connectivity index (χ3v) is 3.30. The summed E-state index contributed by atoms with van der Waals surface area (Å²) in [6.45, 7) is 3.11. The Balaban J connectivity index is 2.16. The Morgan fingerprint density at radius 3 is 2.44 bits per heavy atom. The van der Waals surface area contributed by atoms with Gasteiger partial charge in [0.1, 0.15) is 17.1 Å². The Labute approximate surface area is 144 Å². The van der Waals surface area contributed by atoms with Crippen LogP contribution in [0.2, 0.25) is 0 Å². The van der Waals surface area contributed by atoms with Crippen LogP contribution >= 0.6 is 0 Å². The standard InChI is InChI=1S/C17H18FN3O4/c1-17(2,25-12-6-4-10(18)5-7-12)16(23)21-11-8-13(14(19)22)15(24-3)20-9-11/h4-9H,1-3H3,(H2,19,22)(H,21,23). The maximum absolute atomic E-state index is 12.9. The summed E-state index contributed by atoms with van der Waals surface area (Å²) < 4.78 is 23.5. The van der Waals surface area contributed by atoms with Crippen molar-refractivity contribution < 1.29 is 23.5 Å². The second-order valence-electron chi connectivity index (χ2n) is 5.67. The SMILES string of the molecule is COc1ncc(NC(=O)C(C)(C)Oc2ccc(F)cc2)cc1C(N)=O. The highest BCUT2D eigenvalue weighted by Crippen LogP contribution is 2.22. The molecule has 1 aromatic carbocycles. The number of nitrogens with zero attached hydrogens (tertiary/aromatic N) is 1. The minimum absolute atomic E-state index is 0.0394. The van der Waals surface area contributed by atoms with Crippen LogP contribution in [0.4, 0.5) is 10.1 Å². The molecular weight excluding hydrogens is 329 g/mol. The van der Waals surface area contributed by atoms with Gasteiger partial charge in [0.25, 0.3) is 11.8 Å². The predicted octanol–water partition coefficient (Wildman–Crippen LogP) is 2.12. The summed E-state index contributed by atoms with van der Waals surface area (Å²) in [5.74, 6) is -1.22. The van der Waals surface area contributed by atoms with Gasteiger partial charge in [-0.2, -0.15) is 0 Å². The smallest absolute Gasteiger partial charge is 0.268 e. The van der Waals surface area contributed by atoms with E-state index < -0.39 is 23.2 Å². The summed E-state index contributed by atoms with van der Waals surface area (Å²) in [5.41, 5.74) is 4.30. The average molecular weight is 347 g/mol. The number of carbonyl (C=O) groups excluding carboxylic acids is 2. The second kappa shape index (κ2) is 7.16. The van der Waals surface area contributed by atoms with Gasteiger partial charge in [0, 0.05) is 0 Å². The lowest BCUT2D eigenvalue weighted by Crippen LogP contribution is -2.42. The van der Waals surface area contributed by atoms with Gasteiger partial charge in [-0.25, -0.2) is 9.37 Å². The van der Waals surface area contributed by atoms with Crippen LogP contribution in [0.3, 0.4) is 0 Å². The third-order valence-electron chi connectivity index (χ3n) is 3.30. The molecule has 0 unspecified atom stereocenters. The van der Waals surface area contributed by atoms with Crippen molar-refractivity contribution in [1.29, 1.82) is 0 Å². The molecule has 7 nitrogen and oxygen atoms in total. The van der Waals surface area contributed by atoms with Gasteiger partial charge >= 0.3 is 0 Å². The maximum Gasteiger partial charge on any atom is 0.268 e. The molecule has 8 heteroatoms. The molecule has 0 aliphatic carbocycles. The molecule has 0 bridgehead atoms. The molecule has 1 aromatic heterocycles. The fraction of sp³-hybridized carbons (Fsp3) is 0.235. The Bertz CT molecular complexity index is 791. The fourth-order valence-corrected chi connectivity index (χ4v) is 1.98. The van der Waals surface area contributed by atoms with E-state index in [4.69, 9.17) is 15.2 Å². The van der Waals surface area contributed by atoms with Crippen molar-refractivity contribution in [2.45, 2.75) is 19.4 Å². The molecule has 2 rings (SSSR count). The highest BCUT2D eigenvalue weighted by molar-refractivity contribution is 6.00. The number of pyridine rings is 1. The summed E-state index contributed by atoms with van der Waals surface area (Å²) in [7, 11) is 1.35. The number of aromatic nitrogens is 1. The largest absolute Gasteiger partial charge is 0.480 e. The Kier molecular flexibility index (Phi) is 5.21. The van der Waals surface area contributed by atoms with E-state index in [1.54, 1.807) is 13.8 Å². The molecule has 25 heavy (non-hydrogen) atoms. The van der Waals surface area contributed by atoms with Gasteiger partial charge in [-0.1, -0.05) is 0 Å². The number of rotatable bonds is 6. The summed E-state index contributed by atoms with van der Waals surface area (Å²) >= 11 is 0. The number of nitrogens with one attached hydrogen (secondary N) is 1. The lowest BCUT2D eigenvalue weighted by Gasteiger charge is -2.25. The number of nitrogens with two attached hydrogens (primary N) is 1. The number of ether oxygens (including phenoxy) is 2. The van der Waals surface area contributed by atoms with E-state index in [1.807, 2.05) is 0 Å². The van der Waals surface area contributed by atoms with Crippen LogP contribution < -0.4 is 20.5 Å². The molecule has 3 N–H and O–H groups in total. The number of hydrogen-bond acceptors (Lipinski definition) is 5. The van der Waals surface area contributed by atoms with Crippen molar-refractivity contribution in [3.63, 3.8) is 0 Å². The molecule has 0 spiro atoms. The number of halogens is 1. The van der Waals surface area contributed by atoms with Gasteiger partial charge in [0.05, 0.1) is 19.0 Å². The van der Waals surface area contributed by atoms with Crippen LogP contribution in [0.25, 0.3) is 0 Å². The molecule has 0 atom stereocenters. The van der Waals surface area contributed by atoms with Crippen LogP contribution in [0, 0.1) is 5.82 Å². The van der Waals surface area contributed by atoms with Crippen molar-refractivity contribution in [2.75, 3.05) is 12.4 Å². The van der Waals surface area contributed by atoms with Gasteiger partial charge in [0.2, 0.25) is 5.88 Å². The molecule has 2 aromatic rings. The normalized spacial score (nSPS) is 10.9. The Hall–Kier alpha value is -3.16. The first kappa shape index (κ1) is 18.2. The topological polar surface area (TPSA) is 104 Å². The van der Waals surface area contributed by atoms with E-state index in [0.717, 1.165) is 0 Å². The number of carbonyl (C=O) groups is 2. The minimum atomic E-state index is -1.26. The van der Waals surface area contributed by atoms with Crippen molar-refractivity contribution in [3.8, 4) is 11.6 Å². The van der Waals surface area contributed by atoms with E-state index in [-0.39, 0.29) is 17.1 Å². The molecule has 0 saturated carbocycles. The van der Waals surface area contributed by atoms with Crippen molar-refractivity contribution in [1.82, 2.24) is 4.98 Å². The van der Waals surface area contributed by atoms with E-state index in [2.05, 4.69) is 10.3 Å². The molecule has 1 heterocycles. The fourth-order valence-electron chi connectivity index (χ4n) is 1.98. The van der Waals surface area contributed by atoms with E-state index in [9.17, 15) is 14.0 Å². The summed E-state index contributed by atoms with van der Waals surface area (Å²) in [6.07, 6.45) is 1.33. The number of amides is 2. The lowest BCUT2D eigenvalue weighted by atomic mass is 10.1. The van der Waals surface area contributed by atoms with Crippen LogP contribution in [-0.4, -0.2) is 29.5 Å². The van der Waals surface area contributed by atoms with Gasteiger partial charge in [-0.3, -0.25) is 9.59 Å². The molecule has 0 aliphatic rings. The van der Waals surface area contributed by atoms with E-state index in [1.165, 1.54) is 43.6 Å². The lowest BCUT2D eigenvalue weighted by molar-refractivity contribution is -0.128. The van der Waals surface area contributed by atoms with Gasteiger partial charge < -0.3 is 20.5 Å². The highest BCUT2D eigenvalue weighted by atomic mass is 19.1. The van der Waals surface area contributed by atoms with Crippen LogP contribution in [0.5, 0.6) is 11.6 Å². The highest BCUT2D eigenvalue weighted by Gasteiger charge is 2.30. The third kappa shape index (κ3) is 4.43. The van der Waals surface area contributed by atoms with Gasteiger partial charge in [-0.05, 0) is 44.2 Å². The summed E-state index contributed by atoms with van der Waals surface area (Å²) in [6, 6.07) is 6.67. The molecule has 0 fully saturated rings. The molecule has 2 amide bonds.